The Morgan fingerprint density at radius 3 is 2.29 bits per heavy atom. The van der Waals surface area contributed by atoms with Crippen LogP contribution in [0.4, 0.5) is 4.39 Å². The quantitative estimate of drug-likeness (QED) is 0.537. The lowest BCUT2D eigenvalue weighted by Gasteiger charge is -2.17. The van der Waals surface area contributed by atoms with E-state index in [1.165, 1.54) is 26.4 Å². The molecule has 146 valence electrons. The van der Waals surface area contributed by atoms with E-state index in [-0.39, 0.29) is 26.2 Å². The van der Waals surface area contributed by atoms with Crippen LogP contribution in [0, 0.1) is 5.82 Å². The number of benzene rings is 2. The van der Waals surface area contributed by atoms with Gasteiger partial charge in [-0.2, -0.15) is 4.73 Å². The molecule has 3 rings (SSSR count). The highest BCUT2D eigenvalue weighted by Gasteiger charge is 2.23. The van der Waals surface area contributed by atoms with Crippen molar-refractivity contribution in [2.45, 2.75) is 0 Å². The summed E-state index contributed by atoms with van der Waals surface area (Å²) in [6, 6.07) is 6.82. The minimum absolute atomic E-state index is 0.0317. The molecule has 0 aliphatic rings. The van der Waals surface area contributed by atoms with Crippen molar-refractivity contribution in [1.29, 1.82) is 0 Å². The average Bonchev–Trinajstić information content (AvgIpc) is 2.67. The Bertz CT molecular complexity index is 1130. The zero-order chi connectivity index (χ0) is 20.6. The molecule has 1 heterocycles. The normalized spacial score (nSPS) is 10.8. The number of hydrogen-bond acceptors (Lipinski definition) is 4. The summed E-state index contributed by atoms with van der Waals surface area (Å²) in [6.07, 6.45) is 1.14. The predicted molar refractivity (Wildman–Crippen MR) is 107 cm³/mol. The van der Waals surface area contributed by atoms with E-state index in [9.17, 15) is 14.4 Å². The van der Waals surface area contributed by atoms with Gasteiger partial charge in [0.2, 0.25) is 0 Å². The molecule has 0 aliphatic heterocycles. The molecule has 0 atom stereocenters. The van der Waals surface area contributed by atoms with Crippen LogP contribution in [-0.4, -0.2) is 24.2 Å². The molecule has 0 saturated heterocycles. The lowest BCUT2D eigenvalue weighted by molar-refractivity contribution is 0.175. The fourth-order valence-electron chi connectivity index (χ4n) is 2.77. The van der Waals surface area contributed by atoms with Crippen molar-refractivity contribution in [3.63, 3.8) is 0 Å². The van der Waals surface area contributed by atoms with Gasteiger partial charge in [-0.15, -0.1) is 0 Å². The minimum Gasteiger partial charge on any atom is -0.497 e. The predicted octanol–water partition coefficient (Wildman–Crippen LogP) is 5.54. The first-order chi connectivity index (χ1) is 13.3. The Balaban J connectivity index is 2.45. The Labute approximate surface area is 174 Å². The molecule has 1 N–H and O–H groups in total. The second-order valence-electron chi connectivity index (χ2n) is 5.70. The molecule has 0 aliphatic carbocycles. The summed E-state index contributed by atoms with van der Waals surface area (Å²) < 4.78 is 24.4. The fourth-order valence-corrected chi connectivity index (χ4v) is 3.61. The number of nitrogens with zero attached hydrogens (tertiary/aromatic N) is 1. The van der Waals surface area contributed by atoms with Gasteiger partial charge in [0.1, 0.15) is 22.3 Å². The van der Waals surface area contributed by atoms with Crippen molar-refractivity contribution in [3.05, 3.63) is 67.8 Å². The molecule has 5 nitrogen and oxygen atoms in total. The first-order valence-corrected chi connectivity index (χ1v) is 8.93. The summed E-state index contributed by atoms with van der Waals surface area (Å²) in [5, 5.41) is 9.90. The molecular weight excluding hydrogens is 432 g/mol. The first kappa shape index (κ1) is 20.3. The van der Waals surface area contributed by atoms with E-state index in [4.69, 9.17) is 44.3 Å². The molecule has 2 aromatic carbocycles. The average molecular weight is 445 g/mol. The molecule has 0 fully saturated rings. The number of hydrogen-bond donors (Lipinski definition) is 1. The standard InChI is InChI=1S/C19H13Cl3FNO4/c1-27-10-6-12(17(21)15(7-10)28-2)13-8-24(26)19(25)18(22)16(13)11-4-3-9(23)5-14(11)20/h3-8,26H,1-2H3. The second-order valence-corrected chi connectivity index (χ2v) is 6.86. The third kappa shape index (κ3) is 3.51. The first-order valence-electron chi connectivity index (χ1n) is 7.80. The summed E-state index contributed by atoms with van der Waals surface area (Å²) >= 11 is 18.9. The van der Waals surface area contributed by atoms with Crippen LogP contribution in [0.1, 0.15) is 0 Å². The van der Waals surface area contributed by atoms with Crippen LogP contribution in [0.2, 0.25) is 15.1 Å². The number of halogens is 4. The van der Waals surface area contributed by atoms with E-state index in [0.29, 0.717) is 27.4 Å². The summed E-state index contributed by atoms with van der Waals surface area (Å²) in [4.78, 5) is 12.2. The SMILES string of the molecule is COc1cc(OC)c(Cl)c(-c2cn(O)c(=O)c(Cl)c2-c2ccc(F)cc2Cl)c1. The minimum atomic E-state index is -0.869. The van der Waals surface area contributed by atoms with E-state index >= 15 is 0 Å². The van der Waals surface area contributed by atoms with E-state index in [1.54, 1.807) is 12.1 Å². The molecular formula is C19H13Cl3FNO4. The summed E-state index contributed by atoms with van der Waals surface area (Å²) in [5.41, 5.74) is 0.227. The zero-order valence-electron chi connectivity index (χ0n) is 14.6. The number of pyridine rings is 1. The van der Waals surface area contributed by atoms with Crippen LogP contribution in [-0.2, 0) is 0 Å². The van der Waals surface area contributed by atoms with Gasteiger partial charge in [0.05, 0.1) is 30.5 Å². The number of aromatic nitrogens is 1. The highest BCUT2D eigenvalue weighted by molar-refractivity contribution is 6.38. The number of methoxy groups -OCH3 is 2. The van der Waals surface area contributed by atoms with E-state index < -0.39 is 11.4 Å². The maximum atomic E-state index is 13.5. The van der Waals surface area contributed by atoms with Gasteiger partial charge in [-0.05, 0) is 24.3 Å². The van der Waals surface area contributed by atoms with Crippen molar-refractivity contribution < 1.29 is 19.1 Å². The van der Waals surface area contributed by atoms with Crippen molar-refractivity contribution in [2.75, 3.05) is 14.2 Å². The highest BCUT2D eigenvalue weighted by atomic mass is 35.5. The largest absolute Gasteiger partial charge is 0.497 e. The molecule has 9 heteroatoms. The fraction of sp³-hybridized carbons (Fsp3) is 0.105. The Hall–Kier alpha value is -2.41. The molecule has 3 aromatic rings. The van der Waals surface area contributed by atoms with Crippen molar-refractivity contribution in [1.82, 2.24) is 4.73 Å². The lowest BCUT2D eigenvalue weighted by Crippen LogP contribution is -2.19. The van der Waals surface area contributed by atoms with Gasteiger partial charge < -0.3 is 14.7 Å². The van der Waals surface area contributed by atoms with Crippen LogP contribution < -0.4 is 15.0 Å². The molecule has 1 aromatic heterocycles. The number of rotatable bonds is 4. The Morgan fingerprint density at radius 1 is 0.964 bits per heavy atom. The molecule has 0 amide bonds. The van der Waals surface area contributed by atoms with Crippen molar-refractivity contribution in [3.8, 4) is 33.8 Å². The van der Waals surface area contributed by atoms with Gasteiger partial charge in [-0.3, -0.25) is 4.79 Å². The molecule has 0 radical (unpaired) electrons. The number of ether oxygens (including phenoxy) is 2. The van der Waals surface area contributed by atoms with E-state index in [0.717, 1.165) is 12.3 Å². The summed E-state index contributed by atoms with van der Waals surface area (Å²) in [6.45, 7) is 0. The van der Waals surface area contributed by atoms with Crippen molar-refractivity contribution >= 4 is 34.8 Å². The van der Waals surface area contributed by atoms with E-state index in [1.807, 2.05) is 0 Å². The highest BCUT2D eigenvalue weighted by Crippen LogP contribution is 2.45. The van der Waals surface area contributed by atoms with Crippen LogP contribution in [0.3, 0.4) is 0 Å². The van der Waals surface area contributed by atoms with Gasteiger partial charge in [0.15, 0.2) is 0 Å². The lowest BCUT2D eigenvalue weighted by atomic mass is 9.95. The third-order valence-electron chi connectivity index (χ3n) is 4.10. The molecule has 0 unspecified atom stereocenters. The van der Waals surface area contributed by atoms with Gasteiger partial charge in [0, 0.05) is 28.3 Å². The maximum Gasteiger partial charge on any atom is 0.302 e. The van der Waals surface area contributed by atoms with Gasteiger partial charge in [0.25, 0.3) is 0 Å². The van der Waals surface area contributed by atoms with Gasteiger partial charge in [-0.1, -0.05) is 34.8 Å². The van der Waals surface area contributed by atoms with Crippen molar-refractivity contribution in [2.24, 2.45) is 0 Å². The topological polar surface area (TPSA) is 60.7 Å². The molecule has 0 bridgehead atoms. The zero-order valence-corrected chi connectivity index (χ0v) is 16.9. The Morgan fingerprint density at radius 2 is 1.68 bits per heavy atom. The summed E-state index contributed by atoms with van der Waals surface area (Å²) in [7, 11) is 2.90. The third-order valence-corrected chi connectivity index (χ3v) is 5.15. The summed E-state index contributed by atoms with van der Waals surface area (Å²) in [5.74, 6) is 0.168. The Kier molecular flexibility index (Phi) is 5.74. The molecule has 0 spiro atoms. The van der Waals surface area contributed by atoms with Crippen LogP contribution >= 0.6 is 34.8 Å². The van der Waals surface area contributed by atoms with Gasteiger partial charge >= 0.3 is 5.56 Å². The van der Waals surface area contributed by atoms with E-state index in [2.05, 4.69) is 0 Å². The van der Waals surface area contributed by atoms with Crippen LogP contribution in [0.15, 0.2) is 41.3 Å². The van der Waals surface area contributed by atoms with Crippen LogP contribution in [0.25, 0.3) is 22.3 Å². The monoisotopic (exact) mass is 443 g/mol. The molecule has 28 heavy (non-hydrogen) atoms. The maximum absolute atomic E-state index is 13.5. The second kappa shape index (κ2) is 7.91. The molecule has 0 saturated carbocycles. The smallest absolute Gasteiger partial charge is 0.302 e. The van der Waals surface area contributed by atoms with Crippen LogP contribution in [0.5, 0.6) is 11.5 Å². The van der Waals surface area contributed by atoms with Gasteiger partial charge in [-0.25, -0.2) is 4.39 Å².